The van der Waals surface area contributed by atoms with Gasteiger partial charge in [0.1, 0.15) is 16.0 Å². The van der Waals surface area contributed by atoms with Gasteiger partial charge < -0.3 is 15.0 Å². The summed E-state index contributed by atoms with van der Waals surface area (Å²) >= 11 is 3.43. The Morgan fingerprint density at radius 3 is 3.00 bits per heavy atom. The van der Waals surface area contributed by atoms with E-state index in [9.17, 15) is 4.79 Å². The Kier molecular flexibility index (Phi) is 4.77. The highest BCUT2D eigenvalue weighted by Gasteiger charge is 2.37. The number of halogens is 1. The zero-order chi connectivity index (χ0) is 18.1. The summed E-state index contributed by atoms with van der Waals surface area (Å²) < 4.78 is 8.41. The van der Waals surface area contributed by atoms with E-state index >= 15 is 0 Å². The summed E-state index contributed by atoms with van der Waals surface area (Å²) in [6.07, 6.45) is 7.79. The number of nitrogens with one attached hydrogen (secondary N) is 1. The van der Waals surface area contributed by atoms with Crippen LogP contribution in [0.4, 0.5) is 10.6 Å². The molecule has 2 fully saturated rings. The summed E-state index contributed by atoms with van der Waals surface area (Å²) in [4.78, 5) is 18.8. The topological polar surface area (TPSA) is 71.8 Å². The third kappa shape index (κ3) is 3.51. The van der Waals surface area contributed by atoms with E-state index in [4.69, 9.17) is 4.74 Å². The van der Waals surface area contributed by atoms with Crippen molar-refractivity contribution in [2.45, 2.75) is 57.1 Å². The van der Waals surface area contributed by atoms with E-state index in [0.29, 0.717) is 6.54 Å². The van der Waals surface area contributed by atoms with Crippen LogP contribution in [0, 0.1) is 0 Å². The van der Waals surface area contributed by atoms with Crippen LogP contribution in [0.5, 0.6) is 0 Å². The average molecular weight is 422 g/mol. The number of anilines is 1. The first-order valence-electron chi connectivity index (χ1n) is 9.28. The number of carbonyl (C=O) groups is 1. The molecule has 0 bridgehead atoms. The second kappa shape index (κ2) is 7.06. The van der Waals surface area contributed by atoms with E-state index in [-0.39, 0.29) is 17.7 Å². The Morgan fingerprint density at radius 2 is 2.19 bits per heavy atom. The summed E-state index contributed by atoms with van der Waals surface area (Å²) in [6.45, 7) is 3.49. The summed E-state index contributed by atoms with van der Waals surface area (Å²) in [7, 11) is 0. The first-order chi connectivity index (χ1) is 12.5. The van der Waals surface area contributed by atoms with Crippen molar-refractivity contribution < 1.29 is 9.53 Å². The third-order valence-corrected chi connectivity index (χ3v) is 5.99. The van der Waals surface area contributed by atoms with Gasteiger partial charge in [-0.3, -0.25) is 0 Å². The van der Waals surface area contributed by atoms with Crippen molar-refractivity contribution in [3.05, 3.63) is 22.9 Å². The lowest BCUT2D eigenvalue weighted by Gasteiger charge is -2.30. The number of hydrogen-bond acceptors (Lipinski definition) is 5. The molecule has 0 radical (unpaired) electrons. The van der Waals surface area contributed by atoms with Gasteiger partial charge in [-0.2, -0.15) is 0 Å². The SMILES string of the molecule is CC1(OC(=O)N2CCCC2CNc2ccc3ncc(Br)n3n2)CCCC1. The maximum Gasteiger partial charge on any atom is 0.410 e. The molecule has 8 heteroatoms. The lowest BCUT2D eigenvalue weighted by atomic mass is 10.1. The Bertz CT molecular complexity index is 802. The van der Waals surface area contributed by atoms with Gasteiger partial charge in [-0.25, -0.2) is 14.3 Å². The standard InChI is InChI=1S/C18H24BrN5O2/c1-18(8-2-3-9-18)26-17(25)23-10-4-5-13(23)11-20-15-6-7-16-21-12-14(19)24(16)22-15/h6-7,12-13H,2-5,8-11H2,1H3,(H,20,22). The van der Waals surface area contributed by atoms with Gasteiger partial charge in [-0.1, -0.05) is 0 Å². The molecule has 4 rings (SSSR count). The number of hydrogen-bond donors (Lipinski definition) is 1. The maximum atomic E-state index is 12.7. The van der Waals surface area contributed by atoms with Crippen LogP contribution in [0.25, 0.3) is 5.65 Å². The highest BCUT2D eigenvalue weighted by molar-refractivity contribution is 9.10. The highest BCUT2D eigenvalue weighted by atomic mass is 79.9. The first kappa shape index (κ1) is 17.6. The van der Waals surface area contributed by atoms with E-state index in [1.165, 1.54) is 0 Å². The van der Waals surface area contributed by atoms with Crippen molar-refractivity contribution in [2.75, 3.05) is 18.4 Å². The van der Waals surface area contributed by atoms with Crippen molar-refractivity contribution in [1.82, 2.24) is 19.5 Å². The van der Waals surface area contributed by atoms with Gasteiger partial charge in [-0.15, -0.1) is 5.10 Å². The van der Waals surface area contributed by atoms with Crippen molar-refractivity contribution in [3.63, 3.8) is 0 Å². The molecule has 1 aliphatic carbocycles. The molecule has 2 aliphatic rings. The van der Waals surface area contributed by atoms with Gasteiger partial charge in [0, 0.05) is 13.1 Å². The van der Waals surface area contributed by atoms with Crippen LogP contribution >= 0.6 is 15.9 Å². The van der Waals surface area contributed by atoms with Crippen LogP contribution in [0.3, 0.4) is 0 Å². The van der Waals surface area contributed by atoms with Crippen LogP contribution in [0.2, 0.25) is 0 Å². The fraction of sp³-hybridized carbons (Fsp3) is 0.611. The minimum absolute atomic E-state index is 0.135. The molecule has 3 heterocycles. The Morgan fingerprint density at radius 1 is 1.38 bits per heavy atom. The van der Waals surface area contributed by atoms with E-state index in [1.807, 2.05) is 17.0 Å². The molecule has 1 N–H and O–H groups in total. The van der Waals surface area contributed by atoms with Crippen LogP contribution in [-0.2, 0) is 4.74 Å². The number of imidazole rings is 1. The predicted molar refractivity (Wildman–Crippen MR) is 102 cm³/mol. The average Bonchev–Trinajstić information content (AvgIpc) is 3.34. The summed E-state index contributed by atoms with van der Waals surface area (Å²) in [5.41, 5.74) is 0.510. The van der Waals surface area contributed by atoms with E-state index in [0.717, 1.165) is 61.1 Å². The number of aromatic nitrogens is 3. The predicted octanol–water partition coefficient (Wildman–Crippen LogP) is 3.84. The number of rotatable bonds is 4. The first-order valence-corrected chi connectivity index (χ1v) is 10.1. The monoisotopic (exact) mass is 421 g/mol. The number of likely N-dealkylation sites (tertiary alicyclic amines) is 1. The fourth-order valence-corrected chi connectivity index (χ4v) is 4.31. The summed E-state index contributed by atoms with van der Waals surface area (Å²) in [5.74, 6) is 0.763. The van der Waals surface area contributed by atoms with Gasteiger partial charge in [0.25, 0.3) is 0 Å². The number of ether oxygens (including phenoxy) is 1. The molecule has 1 atom stereocenters. The van der Waals surface area contributed by atoms with Gasteiger partial charge in [0.05, 0.1) is 12.2 Å². The molecule has 1 saturated carbocycles. The van der Waals surface area contributed by atoms with Crippen LogP contribution < -0.4 is 5.32 Å². The highest BCUT2D eigenvalue weighted by Crippen LogP contribution is 2.34. The molecular formula is C18H24BrN5O2. The van der Waals surface area contributed by atoms with Gasteiger partial charge in [0.15, 0.2) is 5.65 Å². The number of fused-ring (bicyclic) bond motifs is 1. The molecule has 1 aliphatic heterocycles. The Labute approximate surface area is 161 Å². The van der Waals surface area contributed by atoms with Crippen molar-refractivity contribution >= 4 is 33.5 Å². The molecule has 0 aromatic carbocycles. The lowest BCUT2D eigenvalue weighted by Crippen LogP contribution is -2.43. The Balaban J connectivity index is 1.38. The minimum atomic E-state index is -0.280. The summed E-state index contributed by atoms with van der Waals surface area (Å²) in [6, 6.07) is 3.96. The van der Waals surface area contributed by atoms with Crippen molar-refractivity contribution in [3.8, 4) is 0 Å². The molecule has 1 saturated heterocycles. The van der Waals surface area contributed by atoms with Crippen molar-refractivity contribution in [1.29, 1.82) is 0 Å². The third-order valence-electron chi connectivity index (χ3n) is 5.45. The van der Waals surface area contributed by atoms with Gasteiger partial charge in [0.2, 0.25) is 0 Å². The smallest absolute Gasteiger partial charge is 0.410 e. The molecule has 7 nitrogen and oxygen atoms in total. The normalized spacial score (nSPS) is 22.1. The van der Waals surface area contributed by atoms with Gasteiger partial charge in [-0.05, 0) is 73.5 Å². The second-order valence-corrected chi connectivity index (χ2v) is 8.28. The zero-order valence-corrected chi connectivity index (χ0v) is 16.5. The number of amides is 1. The fourth-order valence-electron chi connectivity index (χ4n) is 3.94. The summed E-state index contributed by atoms with van der Waals surface area (Å²) in [5, 5.41) is 7.88. The lowest BCUT2D eigenvalue weighted by molar-refractivity contribution is 0.00508. The minimum Gasteiger partial charge on any atom is -0.443 e. The molecule has 2 aromatic heterocycles. The van der Waals surface area contributed by atoms with Crippen LogP contribution in [0.1, 0.15) is 45.4 Å². The van der Waals surface area contributed by atoms with Crippen molar-refractivity contribution in [2.24, 2.45) is 0 Å². The van der Waals surface area contributed by atoms with E-state index in [1.54, 1.807) is 10.7 Å². The van der Waals surface area contributed by atoms with E-state index in [2.05, 4.69) is 38.3 Å². The molecule has 1 unspecified atom stereocenters. The molecule has 140 valence electrons. The maximum absolute atomic E-state index is 12.7. The number of carbonyl (C=O) groups excluding carboxylic acids is 1. The zero-order valence-electron chi connectivity index (χ0n) is 14.9. The molecule has 0 spiro atoms. The largest absolute Gasteiger partial charge is 0.443 e. The number of nitrogens with zero attached hydrogens (tertiary/aromatic N) is 4. The molecular weight excluding hydrogens is 398 g/mol. The van der Waals surface area contributed by atoms with Crippen LogP contribution in [-0.4, -0.2) is 50.3 Å². The van der Waals surface area contributed by atoms with Gasteiger partial charge >= 0.3 is 6.09 Å². The molecule has 26 heavy (non-hydrogen) atoms. The molecule has 2 aromatic rings. The second-order valence-electron chi connectivity index (χ2n) is 7.46. The Hall–Kier alpha value is -1.83. The molecule has 1 amide bonds. The van der Waals surface area contributed by atoms with Crippen LogP contribution in [0.15, 0.2) is 22.9 Å². The van der Waals surface area contributed by atoms with E-state index < -0.39 is 0 Å². The quantitative estimate of drug-likeness (QED) is 0.811.